The summed E-state index contributed by atoms with van der Waals surface area (Å²) in [5, 5.41) is 17.3. The third-order valence-corrected chi connectivity index (χ3v) is 5.19. The van der Waals surface area contributed by atoms with E-state index in [2.05, 4.69) is 25.5 Å². The van der Waals surface area contributed by atoms with Gasteiger partial charge in [0.2, 0.25) is 0 Å². The summed E-state index contributed by atoms with van der Waals surface area (Å²) in [6.45, 7) is 6.63. The Morgan fingerprint density at radius 1 is 1.36 bits per heavy atom. The summed E-state index contributed by atoms with van der Waals surface area (Å²) < 4.78 is 37.7. The maximum atomic E-state index is 12.6. The second-order valence-electron chi connectivity index (χ2n) is 6.49. The van der Waals surface area contributed by atoms with Crippen LogP contribution in [-0.4, -0.2) is 66.3 Å². The highest BCUT2D eigenvalue weighted by Crippen LogP contribution is 2.29. The molecule has 162 valence electrons. The van der Waals surface area contributed by atoms with E-state index in [1.807, 2.05) is 6.92 Å². The molecular weight excluding hydrogens is 506 g/mol. The number of thiazole rings is 1. The molecule has 1 aromatic rings. The topological polar surface area (TPSA) is 72.8 Å². The van der Waals surface area contributed by atoms with Crippen molar-refractivity contribution in [2.45, 2.75) is 44.9 Å². The summed E-state index contributed by atoms with van der Waals surface area (Å²) in [5.74, 6) is 0.666. The van der Waals surface area contributed by atoms with Crippen molar-refractivity contribution >= 4 is 41.3 Å². The quantitative estimate of drug-likeness (QED) is 0.207. The van der Waals surface area contributed by atoms with Gasteiger partial charge in [-0.15, -0.1) is 35.3 Å². The smallest absolute Gasteiger partial charge is 0.393 e. The molecule has 0 radical (unpaired) electrons. The molecule has 1 saturated heterocycles. The maximum Gasteiger partial charge on any atom is 0.434 e. The lowest BCUT2D eigenvalue weighted by Crippen LogP contribution is -2.39. The van der Waals surface area contributed by atoms with Gasteiger partial charge in [-0.1, -0.05) is 0 Å². The number of halogens is 4. The lowest BCUT2D eigenvalue weighted by Gasteiger charge is -2.29. The van der Waals surface area contributed by atoms with E-state index in [0.717, 1.165) is 55.6 Å². The summed E-state index contributed by atoms with van der Waals surface area (Å²) in [4.78, 5) is 10.5. The number of nitrogens with zero attached hydrogens (tertiary/aromatic N) is 3. The zero-order valence-electron chi connectivity index (χ0n) is 16.0. The molecule has 11 heteroatoms. The second-order valence-corrected chi connectivity index (χ2v) is 7.43. The summed E-state index contributed by atoms with van der Waals surface area (Å²) in [7, 11) is 0. The Kier molecular flexibility index (Phi) is 11.6. The molecule has 1 aromatic heterocycles. The first-order chi connectivity index (χ1) is 12.9. The Morgan fingerprint density at radius 2 is 2.07 bits per heavy atom. The lowest BCUT2D eigenvalue weighted by atomic mass is 10.1. The molecule has 0 bridgehead atoms. The number of aliphatic hydroxyl groups is 1. The Hall–Kier alpha value is -0.660. The van der Waals surface area contributed by atoms with E-state index in [1.54, 1.807) is 0 Å². The molecule has 0 atom stereocenters. The zero-order valence-corrected chi connectivity index (χ0v) is 19.1. The molecule has 2 heterocycles. The van der Waals surface area contributed by atoms with Crippen LogP contribution in [0, 0.1) is 0 Å². The number of aliphatic imine (C=N–C) groups is 1. The maximum absolute atomic E-state index is 12.6. The minimum absolute atomic E-state index is 0. The molecule has 3 N–H and O–H groups in total. The summed E-state index contributed by atoms with van der Waals surface area (Å²) >= 11 is 1.02. The molecule has 28 heavy (non-hydrogen) atoms. The van der Waals surface area contributed by atoms with Crippen LogP contribution in [0.5, 0.6) is 0 Å². The average Bonchev–Trinajstić information content (AvgIpc) is 3.09. The highest BCUT2D eigenvalue weighted by molar-refractivity contribution is 14.0. The summed E-state index contributed by atoms with van der Waals surface area (Å²) in [6, 6.07) is 0. The fourth-order valence-electron chi connectivity index (χ4n) is 2.81. The molecular formula is C17H29F3IN5OS. The van der Waals surface area contributed by atoms with Gasteiger partial charge in [0, 0.05) is 44.5 Å². The van der Waals surface area contributed by atoms with Crippen LogP contribution in [0.2, 0.25) is 0 Å². The van der Waals surface area contributed by atoms with Crippen molar-refractivity contribution in [3.8, 4) is 0 Å². The van der Waals surface area contributed by atoms with Gasteiger partial charge in [-0.05, 0) is 32.7 Å². The monoisotopic (exact) mass is 535 g/mol. The Bertz CT molecular complexity index is 592. The van der Waals surface area contributed by atoms with Crippen molar-refractivity contribution in [1.29, 1.82) is 0 Å². The molecule has 0 spiro atoms. The van der Waals surface area contributed by atoms with Gasteiger partial charge >= 0.3 is 6.18 Å². The predicted molar refractivity (Wildman–Crippen MR) is 117 cm³/mol. The Morgan fingerprint density at radius 3 is 2.68 bits per heavy atom. The van der Waals surface area contributed by atoms with Crippen LogP contribution < -0.4 is 10.6 Å². The Balaban J connectivity index is 0.00000392. The van der Waals surface area contributed by atoms with Crippen molar-refractivity contribution in [2.75, 3.05) is 39.3 Å². The SMILES string of the molecule is CCNC(=NCCCN1CCC(O)CC1)NCCc1nc(C(F)(F)F)cs1.I. The van der Waals surface area contributed by atoms with E-state index in [9.17, 15) is 18.3 Å². The van der Waals surface area contributed by atoms with E-state index < -0.39 is 11.9 Å². The van der Waals surface area contributed by atoms with Crippen molar-refractivity contribution in [2.24, 2.45) is 4.99 Å². The van der Waals surface area contributed by atoms with Crippen LogP contribution >= 0.6 is 35.3 Å². The fraction of sp³-hybridized carbons (Fsp3) is 0.765. The van der Waals surface area contributed by atoms with Crippen LogP contribution in [0.15, 0.2) is 10.4 Å². The molecule has 0 saturated carbocycles. The molecule has 0 aromatic carbocycles. The van der Waals surface area contributed by atoms with Crippen LogP contribution in [0.25, 0.3) is 0 Å². The van der Waals surface area contributed by atoms with E-state index in [-0.39, 0.29) is 30.1 Å². The van der Waals surface area contributed by atoms with Crippen LogP contribution in [-0.2, 0) is 12.6 Å². The van der Waals surface area contributed by atoms with Gasteiger partial charge in [0.05, 0.1) is 11.1 Å². The number of piperidine rings is 1. The highest BCUT2D eigenvalue weighted by atomic mass is 127. The largest absolute Gasteiger partial charge is 0.434 e. The number of alkyl halides is 3. The van der Waals surface area contributed by atoms with Gasteiger partial charge in [-0.2, -0.15) is 13.2 Å². The fourth-order valence-corrected chi connectivity index (χ4v) is 3.62. The molecule has 1 aliphatic rings. The van der Waals surface area contributed by atoms with Gasteiger partial charge in [0.1, 0.15) is 0 Å². The first kappa shape index (κ1) is 25.4. The molecule has 0 unspecified atom stereocenters. The lowest BCUT2D eigenvalue weighted by molar-refractivity contribution is -0.140. The number of aliphatic hydroxyl groups excluding tert-OH is 1. The standard InChI is InChI=1S/C17H28F3N5OS.HI/c1-2-21-16(22-7-3-9-25-10-5-13(26)6-11-25)23-8-4-15-24-14(12-27-15)17(18,19)20;/h12-13,26H,2-11H2,1H3,(H2,21,22,23);1H. The number of nitrogens with one attached hydrogen (secondary N) is 2. The predicted octanol–water partition coefficient (Wildman–Crippen LogP) is 2.72. The molecule has 2 rings (SSSR count). The number of likely N-dealkylation sites (tertiary alicyclic amines) is 1. The first-order valence-corrected chi connectivity index (χ1v) is 10.2. The van der Waals surface area contributed by atoms with E-state index in [4.69, 9.17) is 0 Å². The zero-order chi connectivity index (χ0) is 19.7. The van der Waals surface area contributed by atoms with Crippen molar-refractivity contribution in [1.82, 2.24) is 20.5 Å². The number of rotatable bonds is 8. The van der Waals surface area contributed by atoms with Crippen molar-refractivity contribution in [3.63, 3.8) is 0 Å². The van der Waals surface area contributed by atoms with Crippen LogP contribution in [0.3, 0.4) is 0 Å². The van der Waals surface area contributed by atoms with Gasteiger partial charge in [0.25, 0.3) is 0 Å². The molecule has 1 fully saturated rings. The van der Waals surface area contributed by atoms with Gasteiger partial charge in [0.15, 0.2) is 11.7 Å². The molecule has 0 amide bonds. The second kappa shape index (κ2) is 12.8. The van der Waals surface area contributed by atoms with Gasteiger partial charge in [-0.3, -0.25) is 4.99 Å². The molecule has 0 aliphatic carbocycles. The summed E-state index contributed by atoms with van der Waals surface area (Å²) in [6.07, 6.45) is -1.53. The highest BCUT2D eigenvalue weighted by Gasteiger charge is 2.33. The third kappa shape index (κ3) is 9.23. The summed E-state index contributed by atoms with van der Waals surface area (Å²) in [5.41, 5.74) is -0.826. The van der Waals surface area contributed by atoms with Crippen LogP contribution in [0.1, 0.15) is 36.9 Å². The Labute approximate surface area is 185 Å². The van der Waals surface area contributed by atoms with Gasteiger partial charge in [-0.25, -0.2) is 4.98 Å². The normalized spacial score (nSPS) is 16.7. The number of guanidine groups is 1. The van der Waals surface area contributed by atoms with Crippen molar-refractivity contribution in [3.05, 3.63) is 16.1 Å². The molecule has 1 aliphatic heterocycles. The minimum Gasteiger partial charge on any atom is -0.393 e. The third-order valence-electron chi connectivity index (χ3n) is 4.28. The average molecular weight is 535 g/mol. The number of hydrogen-bond donors (Lipinski definition) is 3. The van der Waals surface area contributed by atoms with Crippen molar-refractivity contribution < 1.29 is 18.3 Å². The van der Waals surface area contributed by atoms with Crippen LogP contribution in [0.4, 0.5) is 13.2 Å². The van der Waals surface area contributed by atoms with E-state index in [1.165, 1.54) is 0 Å². The number of aromatic nitrogens is 1. The minimum atomic E-state index is -4.38. The van der Waals surface area contributed by atoms with E-state index >= 15 is 0 Å². The first-order valence-electron chi connectivity index (χ1n) is 9.32. The van der Waals surface area contributed by atoms with Gasteiger partial charge < -0.3 is 20.6 Å². The number of hydrogen-bond acceptors (Lipinski definition) is 5. The molecule has 6 nitrogen and oxygen atoms in total. The van der Waals surface area contributed by atoms with E-state index in [0.29, 0.717) is 37.0 Å².